The number of anilines is 1. The van der Waals surface area contributed by atoms with E-state index in [0.29, 0.717) is 18.1 Å². The first-order chi connectivity index (χ1) is 7.79. The fourth-order valence-corrected chi connectivity index (χ4v) is 1.48. The van der Waals surface area contributed by atoms with Crippen molar-refractivity contribution in [1.29, 1.82) is 0 Å². The molecule has 0 atom stereocenters. The summed E-state index contributed by atoms with van der Waals surface area (Å²) in [6.07, 6.45) is 1.73. The zero-order chi connectivity index (χ0) is 11.4. The molecule has 0 aliphatic rings. The van der Waals surface area contributed by atoms with Gasteiger partial charge >= 0.3 is 0 Å². The van der Waals surface area contributed by atoms with Crippen molar-refractivity contribution in [2.75, 3.05) is 12.3 Å². The summed E-state index contributed by atoms with van der Waals surface area (Å²) in [4.78, 5) is 4.38. The Labute approximate surface area is 93.9 Å². The van der Waals surface area contributed by atoms with E-state index in [-0.39, 0.29) is 0 Å². The van der Waals surface area contributed by atoms with Crippen LogP contribution in [0.5, 0.6) is 0 Å². The van der Waals surface area contributed by atoms with Crippen LogP contribution in [0.3, 0.4) is 0 Å². The molecule has 5 N–H and O–H groups in total. The molecule has 0 amide bonds. The Morgan fingerprint density at radius 1 is 1.31 bits per heavy atom. The van der Waals surface area contributed by atoms with Gasteiger partial charge < -0.3 is 11.5 Å². The lowest BCUT2D eigenvalue weighted by Crippen LogP contribution is -2.01. The summed E-state index contributed by atoms with van der Waals surface area (Å²) < 4.78 is 0. The summed E-state index contributed by atoms with van der Waals surface area (Å²) in [6.45, 7) is 0.661. The molecule has 1 aromatic carbocycles. The van der Waals surface area contributed by atoms with Crippen molar-refractivity contribution in [2.24, 2.45) is 5.73 Å². The molecule has 0 saturated heterocycles. The van der Waals surface area contributed by atoms with E-state index in [4.69, 9.17) is 11.5 Å². The van der Waals surface area contributed by atoms with Gasteiger partial charge in [-0.25, -0.2) is 4.98 Å². The molecule has 84 valence electrons. The van der Waals surface area contributed by atoms with E-state index in [0.717, 1.165) is 24.2 Å². The third kappa shape index (κ3) is 2.38. The van der Waals surface area contributed by atoms with Gasteiger partial charge in [-0.05, 0) is 25.1 Å². The predicted molar refractivity (Wildman–Crippen MR) is 63.6 cm³/mol. The van der Waals surface area contributed by atoms with Gasteiger partial charge in [0.1, 0.15) is 5.82 Å². The standard InChI is InChI=1S/C11H15N5/c12-6-2-5-10-14-11(16-15-10)8-3-1-4-9(13)7-8/h1,3-4,7H,2,5-6,12-13H2,(H,14,15,16). The Morgan fingerprint density at radius 3 is 2.94 bits per heavy atom. The third-order valence-corrected chi connectivity index (χ3v) is 2.29. The van der Waals surface area contributed by atoms with Crippen molar-refractivity contribution >= 4 is 5.69 Å². The second-order valence-electron chi connectivity index (χ2n) is 3.62. The first-order valence-electron chi connectivity index (χ1n) is 5.27. The molecular formula is C11H15N5. The number of nitrogen functional groups attached to an aromatic ring is 1. The van der Waals surface area contributed by atoms with Crippen LogP contribution in [-0.2, 0) is 6.42 Å². The van der Waals surface area contributed by atoms with Crippen molar-refractivity contribution < 1.29 is 0 Å². The van der Waals surface area contributed by atoms with Gasteiger partial charge in [0, 0.05) is 17.7 Å². The molecule has 0 radical (unpaired) electrons. The van der Waals surface area contributed by atoms with Crippen LogP contribution in [0, 0.1) is 0 Å². The van der Waals surface area contributed by atoms with Gasteiger partial charge in [-0.1, -0.05) is 12.1 Å². The van der Waals surface area contributed by atoms with Crippen LogP contribution >= 0.6 is 0 Å². The van der Waals surface area contributed by atoms with Gasteiger partial charge in [0.2, 0.25) is 0 Å². The van der Waals surface area contributed by atoms with Crippen molar-refractivity contribution in [1.82, 2.24) is 15.2 Å². The summed E-state index contributed by atoms with van der Waals surface area (Å²) in [6, 6.07) is 7.52. The molecule has 0 bridgehead atoms. The summed E-state index contributed by atoms with van der Waals surface area (Å²) in [7, 11) is 0. The number of nitrogens with zero attached hydrogens (tertiary/aromatic N) is 2. The highest BCUT2D eigenvalue weighted by atomic mass is 15.2. The topological polar surface area (TPSA) is 93.6 Å². The maximum atomic E-state index is 5.70. The lowest BCUT2D eigenvalue weighted by atomic mass is 10.2. The van der Waals surface area contributed by atoms with Crippen LogP contribution in [0.1, 0.15) is 12.2 Å². The van der Waals surface area contributed by atoms with Gasteiger partial charge in [0.15, 0.2) is 5.82 Å². The van der Waals surface area contributed by atoms with Crippen LogP contribution < -0.4 is 11.5 Å². The van der Waals surface area contributed by atoms with Crippen molar-refractivity contribution in [2.45, 2.75) is 12.8 Å². The zero-order valence-electron chi connectivity index (χ0n) is 8.98. The summed E-state index contributed by atoms with van der Waals surface area (Å²) in [5.74, 6) is 1.54. The van der Waals surface area contributed by atoms with E-state index in [9.17, 15) is 0 Å². The van der Waals surface area contributed by atoms with Crippen LogP contribution in [0.2, 0.25) is 0 Å². The lowest BCUT2D eigenvalue weighted by Gasteiger charge is -1.96. The molecule has 1 aromatic heterocycles. The van der Waals surface area contributed by atoms with Crippen LogP contribution in [0.25, 0.3) is 11.4 Å². The second-order valence-corrected chi connectivity index (χ2v) is 3.62. The van der Waals surface area contributed by atoms with Crippen molar-refractivity contribution in [3.8, 4) is 11.4 Å². The molecule has 5 nitrogen and oxygen atoms in total. The largest absolute Gasteiger partial charge is 0.399 e. The minimum atomic E-state index is 0.661. The highest BCUT2D eigenvalue weighted by Crippen LogP contribution is 2.17. The molecule has 1 heterocycles. The van der Waals surface area contributed by atoms with E-state index >= 15 is 0 Å². The maximum Gasteiger partial charge on any atom is 0.181 e. The molecule has 0 saturated carbocycles. The number of H-pyrrole nitrogens is 1. The maximum absolute atomic E-state index is 5.70. The van der Waals surface area contributed by atoms with Gasteiger partial charge in [0.05, 0.1) is 0 Å². The minimum Gasteiger partial charge on any atom is -0.399 e. The number of aryl methyl sites for hydroxylation is 1. The normalized spacial score (nSPS) is 10.6. The number of aromatic amines is 1. The quantitative estimate of drug-likeness (QED) is 0.664. The molecule has 0 fully saturated rings. The highest BCUT2D eigenvalue weighted by Gasteiger charge is 2.05. The molecule has 0 aliphatic heterocycles. The summed E-state index contributed by atoms with van der Waals surface area (Å²) in [5, 5.41) is 7.05. The molecular weight excluding hydrogens is 202 g/mol. The average Bonchev–Trinajstić information content (AvgIpc) is 2.75. The Morgan fingerprint density at radius 2 is 2.19 bits per heavy atom. The van der Waals surface area contributed by atoms with E-state index in [1.54, 1.807) is 0 Å². The van der Waals surface area contributed by atoms with E-state index < -0.39 is 0 Å². The van der Waals surface area contributed by atoms with Crippen LogP contribution in [-0.4, -0.2) is 21.7 Å². The first kappa shape index (κ1) is 10.6. The van der Waals surface area contributed by atoms with Crippen LogP contribution in [0.4, 0.5) is 5.69 Å². The average molecular weight is 217 g/mol. The van der Waals surface area contributed by atoms with Gasteiger partial charge in [-0.3, -0.25) is 5.10 Å². The summed E-state index contributed by atoms with van der Waals surface area (Å²) in [5.41, 5.74) is 12.8. The molecule has 0 spiro atoms. The number of hydrogen-bond acceptors (Lipinski definition) is 4. The lowest BCUT2D eigenvalue weighted by molar-refractivity contribution is 0.785. The van der Waals surface area contributed by atoms with Crippen LogP contribution in [0.15, 0.2) is 24.3 Å². The number of rotatable bonds is 4. The van der Waals surface area contributed by atoms with E-state index in [1.807, 2.05) is 24.3 Å². The minimum absolute atomic E-state index is 0.661. The van der Waals surface area contributed by atoms with Gasteiger partial charge in [-0.2, -0.15) is 5.10 Å². The number of benzene rings is 1. The second kappa shape index (κ2) is 4.76. The molecule has 5 heteroatoms. The van der Waals surface area contributed by atoms with Gasteiger partial charge in [0.25, 0.3) is 0 Å². The number of aromatic nitrogens is 3. The monoisotopic (exact) mass is 217 g/mol. The van der Waals surface area contributed by atoms with Gasteiger partial charge in [-0.15, -0.1) is 0 Å². The smallest absolute Gasteiger partial charge is 0.181 e. The Hall–Kier alpha value is -1.88. The number of nitrogens with two attached hydrogens (primary N) is 2. The number of hydrogen-bond donors (Lipinski definition) is 3. The SMILES string of the molecule is NCCCc1nc(-c2cccc(N)c2)n[nH]1. The van der Waals surface area contributed by atoms with Crippen molar-refractivity contribution in [3.63, 3.8) is 0 Å². The molecule has 2 rings (SSSR count). The Balaban J connectivity index is 2.18. The first-order valence-corrected chi connectivity index (χ1v) is 5.27. The van der Waals surface area contributed by atoms with E-state index in [2.05, 4.69) is 15.2 Å². The molecule has 0 aliphatic carbocycles. The predicted octanol–water partition coefficient (Wildman–Crippen LogP) is 0.945. The van der Waals surface area contributed by atoms with E-state index in [1.165, 1.54) is 0 Å². The fourth-order valence-electron chi connectivity index (χ4n) is 1.48. The Bertz CT molecular complexity index is 463. The summed E-state index contributed by atoms with van der Waals surface area (Å²) >= 11 is 0. The molecule has 0 unspecified atom stereocenters. The molecule has 16 heavy (non-hydrogen) atoms. The van der Waals surface area contributed by atoms with Crippen molar-refractivity contribution in [3.05, 3.63) is 30.1 Å². The molecule has 2 aromatic rings. The third-order valence-electron chi connectivity index (χ3n) is 2.29. The Kier molecular flexibility index (Phi) is 3.16. The highest BCUT2D eigenvalue weighted by molar-refractivity contribution is 5.60. The fraction of sp³-hybridized carbons (Fsp3) is 0.273. The number of nitrogens with one attached hydrogen (secondary N) is 1. The zero-order valence-corrected chi connectivity index (χ0v) is 8.98.